The van der Waals surface area contributed by atoms with Crippen LogP contribution in [0.25, 0.3) is 11.2 Å². The van der Waals surface area contributed by atoms with Crippen LogP contribution in [-0.4, -0.2) is 91.9 Å². The predicted molar refractivity (Wildman–Crippen MR) is 154 cm³/mol. The molecule has 0 bridgehead atoms. The van der Waals surface area contributed by atoms with Gasteiger partial charge in [-0.15, -0.1) is 0 Å². The summed E-state index contributed by atoms with van der Waals surface area (Å²) in [5.74, 6) is -0.165. The Hall–Kier alpha value is -3.27. The number of amides is 1. The van der Waals surface area contributed by atoms with Crippen molar-refractivity contribution in [3.63, 3.8) is 0 Å². The summed E-state index contributed by atoms with van der Waals surface area (Å²) in [6.45, 7) is -0.717. The van der Waals surface area contributed by atoms with Gasteiger partial charge in [0.2, 0.25) is 5.95 Å². The topological polar surface area (TPSA) is 294 Å². The SMILES string of the molecule is COP(=O)(O)OCC1OC(n2cnc3c(=O)[nH]c(N)nc32)C[C@@H]1OP(=O)(OC)OCC1CCC(n2cnc3c2NC(N)NC3=O)O1. The van der Waals surface area contributed by atoms with Crippen molar-refractivity contribution >= 4 is 44.5 Å². The van der Waals surface area contributed by atoms with Gasteiger partial charge in [-0.25, -0.2) is 19.1 Å². The number of nitrogens with zero attached hydrogens (tertiary/aromatic N) is 5. The van der Waals surface area contributed by atoms with Crippen LogP contribution in [0, 0.1) is 0 Å². The molecule has 3 aromatic rings. The number of nitrogens with one attached hydrogen (secondary N) is 3. The first-order valence-electron chi connectivity index (χ1n) is 13.8. The normalized spacial score (nSPS) is 28.8. The van der Waals surface area contributed by atoms with Gasteiger partial charge >= 0.3 is 15.6 Å². The average Bonchev–Trinajstić information content (AvgIpc) is 3.81. The number of hydrogen-bond donors (Lipinski definition) is 6. The molecule has 22 nitrogen and oxygen atoms in total. The Kier molecular flexibility index (Phi) is 9.04. The molecule has 3 aliphatic rings. The molecule has 8 N–H and O–H groups in total. The standard InChI is InChI=1S/C22H32N10O12P2/c1-38-45(35,36)40-7-12-11(5-14(43-12)32-9-26-16-18(32)28-22(24)30-20(16)34)44-46(37,39-2)41-6-10-3-4-13(42-10)31-8-25-15-17(31)27-21(23)29-19(15)33/h8-14,21,27H,3-7,23H2,1-2H3,(H,29,33)(H,35,36)(H3,24,28,30,34)/t10?,11-,12?,13?,14?,21?,46?/m0/s1. The summed E-state index contributed by atoms with van der Waals surface area (Å²) in [7, 11) is -6.60. The third-order valence-corrected chi connectivity index (χ3v) is 9.84. The van der Waals surface area contributed by atoms with Gasteiger partial charge in [-0.3, -0.25) is 52.1 Å². The van der Waals surface area contributed by atoms with Crippen LogP contribution in [0.2, 0.25) is 0 Å². The molecule has 0 saturated carbocycles. The second kappa shape index (κ2) is 12.7. The Morgan fingerprint density at radius 2 is 1.83 bits per heavy atom. The van der Waals surface area contributed by atoms with E-state index in [1.54, 1.807) is 4.57 Å². The molecule has 0 spiro atoms. The van der Waals surface area contributed by atoms with Crippen LogP contribution in [0.3, 0.4) is 0 Å². The van der Waals surface area contributed by atoms with Gasteiger partial charge in [0.05, 0.1) is 32.0 Å². The highest BCUT2D eigenvalue weighted by Crippen LogP contribution is 2.53. The lowest BCUT2D eigenvalue weighted by Crippen LogP contribution is -2.51. The Morgan fingerprint density at radius 1 is 1.04 bits per heavy atom. The van der Waals surface area contributed by atoms with E-state index in [4.69, 9.17) is 39.0 Å². The summed E-state index contributed by atoms with van der Waals surface area (Å²) in [6, 6.07) is 0. The summed E-state index contributed by atoms with van der Waals surface area (Å²) in [5, 5.41) is 5.47. The van der Waals surface area contributed by atoms with E-state index >= 15 is 0 Å². The molecule has 6 rings (SSSR count). The number of nitrogens with two attached hydrogens (primary N) is 2. The average molecular weight is 691 g/mol. The van der Waals surface area contributed by atoms with Crippen LogP contribution in [0.1, 0.15) is 42.2 Å². The van der Waals surface area contributed by atoms with Crippen molar-refractivity contribution in [2.24, 2.45) is 5.73 Å². The number of imidazole rings is 2. The number of ether oxygens (including phenoxy) is 2. The quantitative estimate of drug-likeness (QED) is 0.135. The Morgan fingerprint density at radius 3 is 2.59 bits per heavy atom. The summed E-state index contributed by atoms with van der Waals surface area (Å²) in [5.41, 5.74) is 11.2. The lowest BCUT2D eigenvalue weighted by molar-refractivity contribution is -0.0494. The van der Waals surface area contributed by atoms with Gasteiger partial charge < -0.3 is 30.7 Å². The highest BCUT2D eigenvalue weighted by Gasteiger charge is 2.45. The summed E-state index contributed by atoms with van der Waals surface area (Å²) in [4.78, 5) is 48.9. The van der Waals surface area contributed by atoms with Gasteiger partial charge in [0.25, 0.3) is 11.5 Å². The third-order valence-electron chi connectivity index (χ3n) is 7.46. The van der Waals surface area contributed by atoms with E-state index in [9.17, 15) is 23.6 Å². The molecule has 7 unspecified atom stereocenters. The largest absolute Gasteiger partial charge is 0.474 e. The third kappa shape index (κ3) is 6.60. The van der Waals surface area contributed by atoms with Crippen LogP contribution in [-0.2, 0) is 41.2 Å². The van der Waals surface area contributed by atoms with Crippen LogP contribution < -0.4 is 27.7 Å². The molecule has 3 aliphatic heterocycles. The summed E-state index contributed by atoms with van der Waals surface area (Å²) >= 11 is 0. The molecule has 1 amide bonds. The van der Waals surface area contributed by atoms with Crippen LogP contribution in [0.5, 0.6) is 0 Å². The van der Waals surface area contributed by atoms with Gasteiger partial charge in [0.1, 0.15) is 30.5 Å². The zero-order valence-electron chi connectivity index (χ0n) is 24.4. The Balaban J connectivity index is 1.14. The molecule has 8 atom stereocenters. The first-order chi connectivity index (χ1) is 21.9. The number of phosphoric acid groups is 2. The monoisotopic (exact) mass is 690 g/mol. The zero-order chi connectivity index (χ0) is 32.8. The first-order valence-corrected chi connectivity index (χ1v) is 16.8. The number of nitrogen functional groups attached to an aromatic ring is 1. The Bertz CT molecular complexity index is 1760. The van der Waals surface area contributed by atoms with Gasteiger partial charge in [-0.1, -0.05) is 0 Å². The minimum atomic E-state index is -4.43. The molecule has 6 heterocycles. The van der Waals surface area contributed by atoms with E-state index in [0.29, 0.717) is 18.7 Å². The number of fused-ring (bicyclic) bond motifs is 2. The molecule has 252 valence electrons. The van der Waals surface area contributed by atoms with Gasteiger partial charge in [0.15, 0.2) is 23.1 Å². The summed E-state index contributed by atoms with van der Waals surface area (Å²) in [6.07, 6.45) is -1.18. The fourth-order valence-corrected chi connectivity index (χ4v) is 6.86. The second-order valence-corrected chi connectivity index (χ2v) is 13.7. The molecule has 24 heteroatoms. The van der Waals surface area contributed by atoms with Crippen molar-refractivity contribution in [3.05, 3.63) is 28.7 Å². The number of anilines is 2. The lowest BCUT2D eigenvalue weighted by atomic mass is 10.2. The number of aromatic amines is 1. The van der Waals surface area contributed by atoms with Crippen molar-refractivity contribution < 1.29 is 50.9 Å². The van der Waals surface area contributed by atoms with Crippen LogP contribution in [0.15, 0.2) is 17.4 Å². The smallest absolute Gasteiger partial charge is 0.369 e. The first kappa shape index (κ1) is 32.7. The van der Waals surface area contributed by atoms with E-state index in [-0.39, 0.29) is 35.8 Å². The second-order valence-electron chi connectivity index (χ2n) is 10.4. The maximum absolute atomic E-state index is 13.6. The van der Waals surface area contributed by atoms with Crippen molar-refractivity contribution in [2.45, 2.75) is 56.3 Å². The molecule has 0 aliphatic carbocycles. The molecule has 46 heavy (non-hydrogen) atoms. The zero-order valence-corrected chi connectivity index (χ0v) is 26.2. The van der Waals surface area contributed by atoms with Crippen molar-refractivity contribution in [2.75, 3.05) is 38.5 Å². The molecular weight excluding hydrogens is 658 g/mol. The molecule has 0 aromatic carbocycles. The Labute approximate surface area is 259 Å². The fraction of sp³-hybridized carbons (Fsp3) is 0.591. The number of rotatable bonds is 12. The molecule has 3 aromatic heterocycles. The van der Waals surface area contributed by atoms with Gasteiger partial charge in [0, 0.05) is 20.6 Å². The minimum absolute atomic E-state index is 0.00642. The molecule has 2 saturated heterocycles. The maximum atomic E-state index is 13.6. The highest BCUT2D eigenvalue weighted by atomic mass is 31.2. The van der Waals surface area contributed by atoms with Crippen molar-refractivity contribution in [1.29, 1.82) is 0 Å². The van der Waals surface area contributed by atoms with E-state index in [0.717, 1.165) is 14.2 Å². The van der Waals surface area contributed by atoms with E-state index in [1.807, 2.05) is 0 Å². The molecule has 2 fully saturated rings. The van der Waals surface area contributed by atoms with E-state index < -0.39 is 70.8 Å². The highest BCUT2D eigenvalue weighted by molar-refractivity contribution is 7.48. The number of phosphoric ester groups is 2. The van der Waals surface area contributed by atoms with E-state index in [2.05, 4.69) is 35.1 Å². The summed E-state index contributed by atoms with van der Waals surface area (Å²) < 4.78 is 66.9. The fourth-order valence-electron chi connectivity index (χ4n) is 5.27. The maximum Gasteiger partial charge on any atom is 0.474 e. The molecular formula is C22H32N10O12P2. The number of carbonyl (C=O) groups is 1. The number of carbonyl (C=O) groups excluding carboxylic acids is 1. The molecule has 0 radical (unpaired) electrons. The van der Waals surface area contributed by atoms with Crippen molar-refractivity contribution in [1.82, 2.24) is 34.4 Å². The number of aromatic nitrogens is 6. The van der Waals surface area contributed by atoms with E-state index in [1.165, 1.54) is 17.2 Å². The number of H-pyrrole nitrogens is 1. The predicted octanol–water partition coefficient (Wildman–Crippen LogP) is -0.119. The van der Waals surface area contributed by atoms with Gasteiger partial charge in [-0.2, -0.15) is 4.98 Å². The number of hydrogen-bond acceptors (Lipinski definition) is 17. The van der Waals surface area contributed by atoms with Crippen LogP contribution >= 0.6 is 15.6 Å². The lowest BCUT2D eigenvalue weighted by Gasteiger charge is -2.25. The van der Waals surface area contributed by atoms with Crippen LogP contribution in [0.4, 0.5) is 11.8 Å². The van der Waals surface area contributed by atoms with Gasteiger partial charge in [-0.05, 0) is 12.8 Å². The van der Waals surface area contributed by atoms with Crippen molar-refractivity contribution in [3.8, 4) is 0 Å². The minimum Gasteiger partial charge on any atom is -0.369 e.